The molecule has 0 aliphatic carbocycles. The molecule has 1 heterocycles. The molecular formula is C13H20ClN3. The molecule has 1 aliphatic heterocycles. The van der Waals surface area contributed by atoms with Crippen LogP contribution in [0, 0.1) is 5.92 Å². The van der Waals surface area contributed by atoms with Gasteiger partial charge in [-0.15, -0.1) is 0 Å². The van der Waals surface area contributed by atoms with E-state index >= 15 is 0 Å². The second-order valence-corrected chi connectivity index (χ2v) is 5.27. The number of hydrogen-bond acceptors (Lipinski definition) is 3. The Kier molecular flexibility index (Phi) is 4.13. The number of nitrogen functional groups attached to an aromatic ring is 1. The lowest BCUT2D eigenvalue weighted by atomic mass is 9.97. The average molecular weight is 254 g/mol. The van der Waals surface area contributed by atoms with E-state index in [-0.39, 0.29) is 0 Å². The van der Waals surface area contributed by atoms with Gasteiger partial charge in [-0.1, -0.05) is 11.6 Å². The van der Waals surface area contributed by atoms with Crippen LogP contribution in [0.4, 0.5) is 11.4 Å². The fourth-order valence-electron chi connectivity index (χ4n) is 2.20. The van der Waals surface area contributed by atoms with Crippen LogP contribution < -0.4 is 11.1 Å². The van der Waals surface area contributed by atoms with Crippen LogP contribution in [0.25, 0.3) is 0 Å². The number of benzene rings is 1. The maximum atomic E-state index is 6.12. The highest BCUT2D eigenvalue weighted by Gasteiger charge is 2.16. The lowest BCUT2D eigenvalue weighted by Crippen LogP contribution is -2.32. The van der Waals surface area contributed by atoms with Crippen molar-refractivity contribution in [1.29, 1.82) is 0 Å². The smallest absolute Gasteiger partial charge is 0.0657 e. The van der Waals surface area contributed by atoms with E-state index in [9.17, 15) is 0 Å². The van der Waals surface area contributed by atoms with Gasteiger partial charge in [0.05, 0.1) is 10.7 Å². The predicted molar refractivity (Wildman–Crippen MR) is 74.6 cm³/mol. The Morgan fingerprint density at radius 2 is 2.12 bits per heavy atom. The molecule has 0 aromatic heterocycles. The number of hydrogen-bond donors (Lipinski definition) is 2. The first-order valence-corrected chi connectivity index (χ1v) is 6.50. The zero-order valence-electron chi connectivity index (χ0n) is 10.2. The van der Waals surface area contributed by atoms with Gasteiger partial charge in [-0.05, 0) is 57.1 Å². The van der Waals surface area contributed by atoms with Crippen molar-refractivity contribution in [3.8, 4) is 0 Å². The molecule has 1 aliphatic rings. The maximum absolute atomic E-state index is 6.12. The maximum Gasteiger partial charge on any atom is 0.0657 e. The van der Waals surface area contributed by atoms with Crippen LogP contribution in [-0.2, 0) is 0 Å². The van der Waals surface area contributed by atoms with E-state index in [2.05, 4.69) is 17.3 Å². The number of rotatable bonds is 3. The summed E-state index contributed by atoms with van der Waals surface area (Å²) in [5.41, 5.74) is 7.36. The number of halogens is 1. The fraction of sp³-hybridized carbons (Fsp3) is 0.538. The number of nitrogens with zero attached hydrogens (tertiary/aromatic N) is 1. The molecule has 94 valence electrons. The van der Waals surface area contributed by atoms with Gasteiger partial charge in [0.2, 0.25) is 0 Å². The number of nitrogens with one attached hydrogen (secondary N) is 1. The van der Waals surface area contributed by atoms with Gasteiger partial charge < -0.3 is 16.0 Å². The van der Waals surface area contributed by atoms with Crippen LogP contribution in [0.5, 0.6) is 0 Å². The summed E-state index contributed by atoms with van der Waals surface area (Å²) in [5, 5.41) is 4.13. The summed E-state index contributed by atoms with van der Waals surface area (Å²) in [6.07, 6.45) is 2.52. The van der Waals surface area contributed by atoms with E-state index < -0.39 is 0 Å². The second-order valence-electron chi connectivity index (χ2n) is 4.87. The first kappa shape index (κ1) is 12.5. The van der Waals surface area contributed by atoms with Crippen LogP contribution in [0.3, 0.4) is 0 Å². The molecule has 0 atom stereocenters. The number of anilines is 2. The standard InChI is InChI=1S/C13H20ClN3/c1-17-6-4-10(5-7-17)9-16-13-3-2-11(15)8-12(13)14/h2-3,8,10,16H,4-7,9,15H2,1H3. The van der Waals surface area contributed by atoms with Crippen molar-refractivity contribution in [3.63, 3.8) is 0 Å². The molecule has 1 aromatic rings. The highest BCUT2D eigenvalue weighted by atomic mass is 35.5. The summed E-state index contributed by atoms with van der Waals surface area (Å²) >= 11 is 6.12. The highest BCUT2D eigenvalue weighted by Crippen LogP contribution is 2.25. The summed E-state index contributed by atoms with van der Waals surface area (Å²) < 4.78 is 0. The van der Waals surface area contributed by atoms with Crippen LogP contribution in [0.15, 0.2) is 18.2 Å². The molecule has 0 saturated carbocycles. The Hall–Kier alpha value is -0.930. The van der Waals surface area contributed by atoms with Crippen molar-refractivity contribution in [2.45, 2.75) is 12.8 Å². The highest BCUT2D eigenvalue weighted by molar-refractivity contribution is 6.33. The van der Waals surface area contributed by atoms with Gasteiger partial charge in [0.1, 0.15) is 0 Å². The van der Waals surface area contributed by atoms with Crippen LogP contribution >= 0.6 is 11.6 Å². The minimum atomic E-state index is 0.706. The van der Waals surface area contributed by atoms with Gasteiger partial charge in [-0.3, -0.25) is 0 Å². The third-order valence-corrected chi connectivity index (χ3v) is 3.73. The van der Waals surface area contributed by atoms with Crippen molar-refractivity contribution in [2.75, 3.05) is 37.7 Å². The zero-order valence-corrected chi connectivity index (χ0v) is 11.0. The van der Waals surface area contributed by atoms with E-state index in [0.717, 1.165) is 18.2 Å². The zero-order chi connectivity index (χ0) is 12.3. The number of piperidine rings is 1. The summed E-state index contributed by atoms with van der Waals surface area (Å²) in [4.78, 5) is 2.38. The second kappa shape index (κ2) is 5.61. The molecule has 1 aromatic carbocycles. The monoisotopic (exact) mass is 253 g/mol. The van der Waals surface area contributed by atoms with Gasteiger partial charge in [0, 0.05) is 12.2 Å². The summed E-state index contributed by atoms with van der Waals surface area (Å²) in [6.45, 7) is 3.39. The molecule has 1 saturated heterocycles. The van der Waals surface area contributed by atoms with E-state index in [1.165, 1.54) is 25.9 Å². The first-order valence-electron chi connectivity index (χ1n) is 6.12. The Bertz CT molecular complexity index is 373. The van der Waals surface area contributed by atoms with Crippen LogP contribution in [-0.4, -0.2) is 31.6 Å². The fourth-order valence-corrected chi connectivity index (χ4v) is 2.45. The van der Waals surface area contributed by atoms with Crippen molar-refractivity contribution in [1.82, 2.24) is 4.90 Å². The molecule has 0 spiro atoms. The van der Waals surface area contributed by atoms with Crippen molar-refractivity contribution >= 4 is 23.0 Å². The predicted octanol–water partition coefficient (Wildman–Crippen LogP) is 2.68. The molecule has 0 radical (unpaired) electrons. The van der Waals surface area contributed by atoms with Crippen LogP contribution in [0.1, 0.15) is 12.8 Å². The number of likely N-dealkylation sites (tertiary alicyclic amines) is 1. The summed E-state index contributed by atoms with van der Waals surface area (Å²) in [6, 6.07) is 5.62. The molecule has 4 heteroatoms. The van der Waals surface area contributed by atoms with Crippen molar-refractivity contribution in [2.24, 2.45) is 5.92 Å². The van der Waals surface area contributed by atoms with E-state index in [1.807, 2.05) is 12.1 Å². The molecule has 0 amide bonds. The van der Waals surface area contributed by atoms with Crippen LogP contribution in [0.2, 0.25) is 5.02 Å². The molecule has 0 unspecified atom stereocenters. The SMILES string of the molecule is CN1CCC(CNc2ccc(N)cc2Cl)CC1. The third kappa shape index (κ3) is 3.51. The van der Waals surface area contributed by atoms with Crippen molar-refractivity contribution < 1.29 is 0 Å². The van der Waals surface area contributed by atoms with Gasteiger partial charge in [0.25, 0.3) is 0 Å². The number of nitrogens with two attached hydrogens (primary N) is 1. The Balaban J connectivity index is 1.85. The molecule has 0 bridgehead atoms. The van der Waals surface area contributed by atoms with Gasteiger partial charge in [-0.25, -0.2) is 0 Å². The topological polar surface area (TPSA) is 41.3 Å². The molecule has 3 N–H and O–H groups in total. The minimum Gasteiger partial charge on any atom is -0.399 e. The summed E-state index contributed by atoms with van der Waals surface area (Å²) in [7, 11) is 2.18. The average Bonchev–Trinajstić information content (AvgIpc) is 2.30. The quantitative estimate of drug-likeness (QED) is 0.814. The van der Waals surface area contributed by atoms with E-state index in [1.54, 1.807) is 6.07 Å². The van der Waals surface area contributed by atoms with Gasteiger partial charge in [-0.2, -0.15) is 0 Å². The Morgan fingerprint density at radius 3 is 2.76 bits per heavy atom. The molecule has 2 rings (SSSR count). The Labute approximate surface area is 108 Å². The molecular weight excluding hydrogens is 234 g/mol. The first-order chi connectivity index (χ1) is 8.15. The third-order valence-electron chi connectivity index (χ3n) is 3.41. The largest absolute Gasteiger partial charge is 0.399 e. The lowest BCUT2D eigenvalue weighted by Gasteiger charge is -2.29. The Morgan fingerprint density at radius 1 is 1.41 bits per heavy atom. The van der Waals surface area contributed by atoms with E-state index in [4.69, 9.17) is 17.3 Å². The van der Waals surface area contributed by atoms with Gasteiger partial charge in [0.15, 0.2) is 0 Å². The normalized spacial score (nSPS) is 18.2. The molecule has 17 heavy (non-hydrogen) atoms. The molecule has 3 nitrogen and oxygen atoms in total. The summed E-state index contributed by atoms with van der Waals surface area (Å²) in [5.74, 6) is 0.750. The van der Waals surface area contributed by atoms with E-state index in [0.29, 0.717) is 10.7 Å². The van der Waals surface area contributed by atoms with Gasteiger partial charge >= 0.3 is 0 Å². The minimum absolute atomic E-state index is 0.706. The lowest BCUT2D eigenvalue weighted by molar-refractivity contribution is 0.226. The molecule has 1 fully saturated rings. The van der Waals surface area contributed by atoms with Crippen molar-refractivity contribution in [3.05, 3.63) is 23.2 Å².